The molecule has 6 atom stereocenters. The Kier molecular flexibility index (Phi) is 8.10. The smallest absolute Gasteiger partial charge is 0.258 e. The van der Waals surface area contributed by atoms with Crippen molar-refractivity contribution in [2.75, 3.05) is 0 Å². The third-order valence-electron chi connectivity index (χ3n) is 12.2. The fourth-order valence-corrected chi connectivity index (χ4v) is 13.0. The quantitative estimate of drug-likeness (QED) is 0.265. The lowest BCUT2D eigenvalue weighted by atomic mass is 9.52. The van der Waals surface area contributed by atoms with Crippen LogP contribution in [0.2, 0.25) is 5.04 Å². The maximum absolute atomic E-state index is 12.6. The van der Waals surface area contributed by atoms with Gasteiger partial charge in [-0.2, -0.15) is 0 Å². The van der Waals surface area contributed by atoms with E-state index in [1.54, 1.807) is 0 Å². The molecule has 0 aliphatic heterocycles. The van der Waals surface area contributed by atoms with Gasteiger partial charge in [-0.25, -0.2) is 0 Å². The van der Waals surface area contributed by atoms with Gasteiger partial charge in [0, 0.05) is 0 Å². The topological polar surface area (TPSA) is 40.5 Å². The molecule has 3 aliphatic carbocycles. The van der Waals surface area contributed by atoms with Crippen LogP contribution in [0, 0.1) is 28.6 Å². The van der Waals surface area contributed by atoms with Crippen molar-refractivity contribution in [1.29, 1.82) is 0 Å². The van der Waals surface area contributed by atoms with E-state index in [2.05, 4.69) is 82.8 Å². The van der Waals surface area contributed by atoms with Gasteiger partial charge in [0.1, 0.15) is 0 Å². The van der Waals surface area contributed by atoms with E-state index < -0.39 is 8.32 Å². The van der Waals surface area contributed by atoms with E-state index in [1.165, 1.54) is 37.7 Å². The van der Waals surface area contributed by atoms with Gasteiger partial charge in [0.2, 0.25) is 0 Å². The van der Waals surface area contributed by atoms with Crippen molar-refractivity contribution in [2.45, 2.75) is 109 Å². The molecular weight excluding hydrogens is 492 g/mol. The zero-order chi connectivity index (χ0) is 27.9. The number of benzene rings is 2. The lowest BCUT2D eigenvalue weighted by molar-refractivity contribution is -0.0525. The normalized spacial score (nSPS) is 33.6. The number of aliphatic hydroxyl groups excluding tert-OH is 1. The van der Waals surface area contributed by atoms with Crippen LogP contribution in [0.15, 0.2) is 72.8 Å². The summed E-state index contributed by atoms with van der Waals surface area (Å²) in [6.07, 6.45) is 12.6. The van der Waals surface area contributed by atoms with E-state index in [4.69, 9.17) is 0 Å². The first-order valence-corrected chi connectivity index (χ1v) is 17.7. The molecule has 3 fully saturated rings. The van der Waals surface area contributed by atoms with Crippen molar-refractivity contribution in [1.82, 2.24) is 0 Å². The summed E-state index contributed by atoms with van der Waals surface area (Å²) < 4.78 is 0. The monoisotopic (exact) mass is 544 g/mol. The van der Waals surface area contributed by atoms with E-state index in [0.29, 0.717) is 16.7 Å². The van der Waals surface area contributed by atoms with Crippen molar-refractivity contribution in [3.63, 3.8) is 0 Å². The Morgan fingerprint density at radius 1 is 0.872 bits per heavy atom. The van der Waals surface area contributed by atoms with Gasteiger partial charge >= 0.3 is 0 Å². The Balaban J connectivity index is 1.33. The molecule has 0 radical (unpaired) electrons. The molecule has 0 aromatic heterocycles. The van der Waals surface area contributed by atoms with Crippen LogP contribution in [0.1, 0.15) is 98.3 Å². The summed E-state index contributed by atoms with van der Waals surface area (Å²) in [5, 5.41) is 12.8. The van der Waals surface area contributed by atoms with Gasteiger partial charge in [-0.1, -0.05) is 107 Å². The van der Waals surface area contributed by atoms with Crippen LogP contribution in [-0.2, 0) is 0 Å². The molecule has 2 aromatic rings. The van der Waals surface area contributed by atoms with Crippen LogP contribution in [0.4, 0.5) is 0 Å². The summed E-state index contributed by atoms with van der Waals surface area (Å²) >= 11 is 0. The third kappa shape index (κ3) is 5.13. The average Bonchev–Trinajstić information content (AvgIpc) is 3.24. The first-order chi connectivity index (χ1) is 18.5. The third-order valence-corrected chi connectivity index (χ3v) is 16.8. The zero-order valence-electron chi connectivity index (χ0n) is 25.0. The van der Waals surface area contributed by atoms with Crippen molar-refractivity contribution in [3.8, 4) is 0 Å². The molecule has 39 heavy (non-hydrogen) atoms. The van der Waals surface area contributed by atoms with Crippen LogP contribution in [0.3, 0.4) is 0 Å². The second kappa shape index (κ2) is 11.0. The summed E-state index contributed by atoms with van der Waals surface area (Å²) in [6, 6.07) is 20.9. The molecule has 3 heteroatoms. The number of allylic oxidation sites excluding steroid dienone is 1. The van der Waals surface area contributed by atoms with Gasteiger partial charge in [0.05, 0.1) is 6.10 Å². The molecular formula is C36H52O2Si. The molecule has 0 bridgehead atoms. The first kappa shape index (κ1) is 28.8. The van der Waals surface area contributed by atoms with Gasteiger partial charge < -0.3 is 9.90 Å². The van der Waals surface area contributed by atoms with E-state index >= 15 is 0 Å². The maximum Gasteiger partial charge on any atom is 0.258 e. The number of aliphatic hydroxyl groups is 1. The molecule has 2 N–H and O–H groups in total. The summed E-state index contributed by atoms with van der Waals surface area (Å²) in [7, 11) is -2.98. The summed E-state index contributed by atoms with van der Waals surface area (Å²) in [5.74, 6) is 2.11. The summed E-state index contributed by atoms with van der Waals surface area (Å²) in [5.41, 5.74) is 2.17. The molecule has 0 spiro atoms. The van der Waals surface area contributed by atoms with Crippen LogP contribution in [0.25, 0.3) is 0 Å². The highest BCUT2D eigenvalue weighted by Crippen LogP contribution is 2.61. The van der Waals surface area contributed by atoms with Gasteiger partial charge in [0.15, 0.2) is 0 Å². The zero-order valence-corrected chi connectivity index (χ0v) is 26.0. The SMILES string of the molecule is C=C1CCC2CC([C@@]3(C)CC[C@H](O)C[C@@H]3CCCC(C)(C)[Si](O)(c3ccccc3)c3ccccc3)CC[C@]12C. The molecule has 0 heterocycles. The number of hydrogen-bond acceptors (Lipinski definition) is 2. The molecule has 212 valence electrons. The van der Waals surface area contributed by atoms with Crippen molar-refractivity contribution >= 4 is 18.7 Å². The summed E-state index contributed by atoms with van der Waals surface area (Å²) in [6.45, 7) is 14.1. The van der Waals surface area contributed by atoms with Gasteiger partial charge in [-0.3, -0.25) is 0 Å². The van der Waals surface area contributed by atoms with Gasteiger partial charge in [0.25, 0.3) is 8.32 Å². The minimum absolute atomic E-state index is 0.156. The predicted octanol–water partition coefficient (Wildman–Crippen LogP) is 7.63. The largest absolute Gasteiger partial charge is 0.424 e. The number of fused-ring (bicyclic) bond motifs is 1. The van der Waals surface area contributed by atoms with Crippen LogP contribution >= 0.6 is 0 Å². The highest BCUT2D eigenvalue weighted by Gasteiger charge is 2.53. The van der Waals surface area contributed by atoms with E-state index in [-0.39, 0.29) is 11.1 Å². The van der Waals surface area contributed by atoms with Crippen molar-refractivity contribution in [2.24, 2.45) is 28.6 Å². The fourth-order valence-electron chi connectivity index (χ4n) is 9.19. The highest BCUT2D eigenvalue weighted by molar-refractivity contribution is 6.98. The molecule has 2 nitrogen and oxygen atoms in total. The lowest BCUT2D eigenvalue weighted by Crippen LogP contribution is -2.65. The molecule has 5 rings (SSSR count). The van der Waals surface area contributed by atoms with Gasteiger partial charge in [-0.15, -0.1) is 0 Å². The Morgan fingerprint density at radius 3 is 2.10 bits per heavy atom. The molecule has 2 aromatic carbocycles. The van der Waals surface area contributed by atoms with Crippen molar-refractivity contribution in [3.05, 3.63) is 72.8 Å². The second-order valence-corrected chi connectivity index (χ2v) is 18.5. The second-order valence-electron chi connectivity index (χ2n) is 14.6. The average molecular weight is 545 g/mol. The van der Waals surface area contributed by atoms with E-state index in [9.17, 15) is 9.90 Å². The highest BCUT2D eigenvalue weighted by atomic mass is 28.4. The van der Waals surface area contributed by atoms with E-state index in [1.807, 2.05) is 12.1 Å². The van der Waals surface area contributed by atoms with Gasteiger partial charge in [-0.05, 0) is 108 Å². The Hall–Kier alpha value is -1.68. The minimum atomic E-state index is -2.98. The molecule has 3 aliphatic rings. The predicted molar refractivity (Wildman–Crippen MR) is 167 cm³/mol. The standard InChI is InChI=1S/C36H52O2Si/c1-27-18-19-29-25-30(20-23-35(27,29)4)36(5)24-21-31(37)26-28(36)13-12-22-34(2,3)39(38,32-14-8-6-9-15-32)33-16-10-7-11-17-33/h6-11,14-17,28-31,37-38H,1,12-13,18-26H2,2-5H3/t28-,29?,30?,31-,35+,36-/m0/s1. The number of rotatable bonds is 8. The number of hydrogen-bond donors (Lipinski definition) is 2. The minimum Gasteiger partial charge on any atom is -0.424 e. The lowest BCUT2D eigenvalue weighted by Gasteiger charge is -2.53. The van der Waals surface area contributed by atoms with Crippen LogP contribution < -0.4 is 10.4 Å². The maximum atomic E-state index is 12.6. The molecule has 0 amide bonds. The molecule has 0 saturated heterocycles. The van der Waals surface area contributed by atoms with Crippen LogP contribution in [0.5, 0.6) is 0 Å². The van der Waals surface area contributed by atoms with Crippen LogP contribution in [-0.4, -0.2) is 24.3 Å². The molecule has 3 saturated carbocycles. The Morgan fingerprint density at radius 2 is 1.49 bits per heavy atom. The fraction of sp³-hybridized carbons (Fsp3) is 0.611. The Labute approximate surface area is 239 Å². The summed E-state index contributed by atoms with van der Waals surface area (Å²) in [4.78, 5) is 12.6. The molecule has 2 unspecified atom stereocenters. The van der Waals surface area contributed by atoms with Crippen molar-refractivity contribution < 1.29 is 9.90 Å². The first-order valence-electron chi connectivity index (χ1n) is 15.7. The Bertz CT molecular complexity index is 1090. The van der Waals surface area contributed by atoms with E-state index in [0.717, 1.165) is 60.7 Å².